The van der Waals surface area contributed by atoms with Crippen LogP contribution in [0.2, 0.25) is 0 Å². The van der Waals surface area contributed by atoms with Crippen molar-refractivity contribution in [1.29, 1.82) is 0 Å². The van der Waals surface area contributed by atoms with E-state index in [9.17, 15) is 0 Å². The number of furan rings is 1. The number of fused-ring (bicyclic) bond motifs is 4. The van der Waals surface area contributed by atoms with Crippen LogP contribution in [0.1, 0.15) is 0 Å². The van der Waals surface area contributed by atoms with E-state index in [1.54, 1.807) is 0 Å². The van der Waals surface area contributed by atoms with Crippen molar-refractivity contribution < 1.29 is 4.42 Å². The quantitative estimate of drug-likeness (QED) is 0.202. The SMILES string of the molecule is c1ccc(-c2ccc(-c3ccc(-c4ccccc4)c(Nc4cc(-c5ccc6oc7ccccc7c6c5)cc5ccccc45)c3)cc2)cc1. The second-order valence-corrected chi connectivity index (χ2v) is 12.2. The monoisotopic (exact) mass is 613 g/mol. The third-order valence-electron chi connectivity index (χ3n) is 9.27. The molecule has 48 heavy (non-hydrogen) atoms. The Balaban J connectivity index is 1.16. The lowest BCUT2D eigenvalue weighted by Gasteiger charge is -2.18. The first kappa shape index (κ1) is 27.9. The topological polar surface area (TPSA) is 25.2 Å². The molecule has 0 atom stereocenters. The highest BCUT2D eigenvalue weighted by Gasteiger charge is 2.14. The number of anilines is 2. The van der Waals surface area contributed by atoms with E-state index in [1.165, 1.54) is 33.0 Å². The Kier molecular flexibility index (Phi) is 6.84. The lowest BCUT2D eigenvalue weighted by molar-refractivity contribution is 0.669. The summed E-state index contributed by atoms with van der Waals surface area (Å²) in [5.41, 5.74) is 13.3. The molecule has 0 amide bonds. The van der Waals surface area contributed by atoms with Crippen LogP contribution in [-0.2, 0) is 0 Å². The molecule has 1 N–H and O–H groups in total. The zero-order chi connectivity index (χ0) is 31.9. The Morgan fingerprint density at radius 2 is 0.854 bits per heavy atom. The molecule has 0 unspecified atom stereocenters. The molecule has 0 saturated carbocycles. The minimum absolute atomic E-state index is 0.903. The smallest absolute Gasteiger partial charge is 0.135 e. The van der Waals surface area contributed by atoms with Gasteiger partial charge in [0.1, 0.15) is 11.2 Å². The van der Waals surface area contributed by atoms with Crippen molar-refractivity contribution in [3.05, 3.63) is 182 Å². The lowest BCUT2D eigenvalue weighted by Crippen LogP contribution is -1.96. The Bertz CT molecular complexity index is 2560. The predicted molar refractivity (Wildman–Crippen MR) is 203 cm³/mol. The van der Waals surface area contributed by atoms with Crippen LogP contribution in [0.3, 0.4) is 0 Å². The summed E-state index contributed by atoms with van der Waals surface area (Å²) in [6.07, 6.45) is 0. The van der Waals surface area contributed by atoms with Gasteiger partial charge in [0.25, 0.3) is 0 Å². The van der Waals surface area contributed by atoms with Crippen molar-refractivity contribution in [2.45, 2.75) is 0 Å². The number of hydrogen-bond acceptors (Lipinski definition) is 2. The minimum Gasteiger partial charge on any atom is -0.456 e. The van der Waals surface area contributed by atoms with Gasteiger partial charge in [-0.05, 0) is 80.7 Å². The van der Waals surface area contributed by atoms with E-state index in [1.807, 2.05) is 12.1 Å². The van der Waals surface area contributed by atoms with Gasteiger partial charge in [0.2, 0.25) is 0 Å². The summed E-state index contributed by atoms with van der Waals surface area (Å²) in [7, 11) is 0. The summed E-state index contributed by atoms with van der Waals surface area (Å²) in [5, 5.41) is 8.53. The van der Waals surface area contributed by atoms with Crippen LogP contribution in [0.25, 0.3) is 77.2 Å². The molecule has 8 aromatic carbocycles. The van der Waals surface area contributed by atoms with Crippen LogP contribution < -0.4 is 5.32 Å². The van der Waals surface area contributed by atoms with Crippen LogP contribution in [0.4, 0.5) is 11.4 Å². The Morgan fingerprint density at radius 1 is 0.312 bits per heavy atom. The van der Waals surface area contributed by atoms with Gasteiger partial charge in [-0.3, -0.25) is 0 Å². The first-order valence-corrected chi connectivity index (χ1v) is 16.3. The van der Waals surface area contributed by atoms with E-state index in [2.05, 4.69) is 175 Å². The molecule has 0 radical (unpaired) electrons. The van der Waals surface area contributed by atoms with Gasteiger partial charge in [0.05, 0.1) is 0 Å². The zero-order valence-electron chi connectivity index (χ0n) is 26.2. The average molecular weight is 614 g/mol. The zero-order valence-corrected chi connectivity index (χ0v) is 26.2. The van der Waals surface area contributed by atoms with Crippen molar-refractivity contribution in [3.8, 4) is 44.5 Å². The van der Waals surface area contributed by atoms with Crippen LogP contribution in [-0.4, -0.2) is 0 Å². The molecule has 0 aliphatic carbocycles. The highest BCUT2D eigenvalue weighted by molar-refractivity contribution is 6.07. The Morgan fingerprint density at radius 3 is 1.65 bits per heavy atom. The van der Waals surface area contributed by atoms with Crippen LogP contribution in [0.15, 0.2) is 186 Å². The molecule has 9 aromatic rings. The molecule has 0 aliphatic rings. The van der Waals surface area contributed by atoms with E-state index in [0.717, 1.165) is 55.6 Å². The van der Waals surface area contributed by atoms with Gasteiger partial charge >= 0.3 is 0 Å². The summed E-state index contributed by atoms with van der Waals surface area (Å²) in [4.78, 5) is 0. The largest absolute Gasteiger partial charge is 0.456 e. The summed E-state index contributed by atoms with van der Waals surface area (Å²) < 4.78 is 6.14. The molecule has 0 bridgehead atoms. The van der Waals surface area contributed by atoms with Crippen molar-refractivity contribution >= 4 is 44.1 Å². The Hall–Kier alpha value is -6.38. The maximum absolute atomic E-state index is 6.14. The fourth-order valence-corrected chi connectivity index (χ4v) is 6.81. The molecular weight excluding hydrogens is 583 g/mol. The maximum atomic E-state index is 6.14. The summed E-state index contributed by atoms with van der Waals surface area (Å²) >= 11 is 0. The van der Waals surface area contributed by atoms with Gasteiger partial charge in [0, 0.05) is 33.1 Å². The highest BCUT2D eigenvalue weighted by Crippen LogP contribution is 2.40. The molecule has 2 nitrogen and oxygen atoms in total. The second kappa shape index (κ2) is 11.8. The molecule has 0 saturated heterocycles. The van der Waals surface area contributed by atoms with Gasteiger partial charge in [-0.1, -0.05) is 146 Å². The molecule has 1 aromatic heterocycles. The second-order valence-electron chi connectivity index (χ2n) is 12.2. The van der Waals surface area contributed by atoms with Crippen LogP contribution >= 0.6 is 0 Å². The molecule has 226 valence electrons. The van der Waals surface area contributed by atoms with Gasteiger partial charge in [-0.15, -0.1) is 0 Å². The summed E-state index contributed by atoms with van der Waals surface area (Å²) in [6.45, 7) is 0. The van der Waals surface area contributed by atoms with Gasteiger partial charge in [-0.25, -0.2) is 0 Å². The first-order valence-electron chi connectivity index (χ1n) is 16.3. The van der Waals surface area contributed by atoms with Crippen molar-refractivity contribution in [3.63, 3.8) is 0 Å². The summed E-state index contributed by atoms with van der Waals surface area (Å²) in [5.74, 6) is 0. The highest BCUT2D eigenvalue weighted by atomic mass is 16.3. The van der Waals surface area contributed by atoms with Gasteiger partial charge in [-0.2, -0.15) is 0 Å². The molecule has 1 heterocycles. The standard InChI is InChI=1S/C46H31NO/c1-3-11-31(12-4-1)32-19-21-33(22-20-32)36-23-25-40(34-13-5-2-6-14-34)43(29-36)47-44-30-38(27-37-15-7-8-16-39(37)44)35-24-26-46-42(28-35)41-17-9-10-18-45(41)48-46/h1-30,47H. The number of hydrogen-bond donors (Lipinski definition) is 1. The van der Waals surface area contributed by atoms with Crippen LogP contribution in [0, 0.1) is 0 Å². The van der Waals surface area contributed by atoms with Gasteiger partial charge < -0.3 is 9.73 Å². The summed E-state index contributed by atoms with van der Waals surface area (Å²) in [6, 6.07) is 64.7. The number of nitrogens with one attached hydrogen (secondary N) is 1. The van der Waals surface area contributed by atoms with Crippen LogP contribution in [0.5, 0.6) is 0 Å². The maximum Gasteiger partial charge on any atom is 0.135 e. The minimum atomic E-state index is 0.903. The van der Waals surface area contributed by atoms with Crippen molar-refractivity contribution in [1.82, 2.24) is 0 Å². The molecule has 9 rings (SSSR count). The third-order valence-corrected chi connectivity index (χ3v) is 9.27. The van der Waals surface area contributed by atoms with E-state index in [4.69, 9.17) is 4.42 Å². The van der Waals surface area contributed by atoms with E-state index in [-0.39, 0.29) is 0 Å². The van der Waals surface area contributed by atoms with Crippen molar-refractivity contribution in [2.24, 2.45) is 0 Å². The normalized spacial score (nSPS) is 11.3. The third kappa shape index (κ3) is 5.10. The predicted octanol–water partition coefficient (Wildman–Crippen LogP) is 13.2. The lowest BCUT2D eigenvalue weighted by atomic mass is 9.95. The molecule has 2 heteroatoms. The first-order chi connectivity index (χ1) is 23.8. The number of rotatable bonds is 6. The van der Waals surface area contributed by atoms with E-state index >= 15 is 0 Å². The average Bonchev–Trinajstić information content (AvgIpc) is 3.54. The van der Waals surface area contributed by atoms with Crippen molar-refractivity contribution in [2.75, 3.05) is 5.32 Å². The Labute approximate surface area is 279 Å². The number of para-hydroxylation sites is 1. The molecule has 0 aliphatic heterocycles. The van der Waals surface area contributed by atoms with E-state index < -0.39 is 0 Å². The molecule has 0 spiro atoms. The molecule has 0 fully saturated rings. The molecular formula is C46H31NO. The fourth-order valence-electron chi connectivity index (χ4n) is 6.81. The van der Waals surface area contributed by atoms with Gasteiger partial charge in [0.15, 0.2) is 0 Å². The number of benzene rings is 8. The van der Waals surface area contributed by atoms with E-state index in [0.29, 0.717) is 0 Å². The fraction of sp³-hybridized carbons (Fsp3) is 0.